The Morgan fingerprint density at radius 2 is 1.86 bits per heavy atom. The molecule has 3 aromatic rings. The molecule has 0 bridgehead atoms. The number of aromatic nitrogens is 1. The molecule has 2 aromatic carbocycles. The zero-order chi connectivity index (χ0) is 19.4. The maximum Gasteiger partial charge on any atom is 0.269 e. The first-order valence-corrected chi connectivity index (χ1v) is 9.57. The van der Waals surface area contributed by atoms with Crippen LogP contribution in [0.4, 0.5) is 17.1 Å². The lowest BCUT2D eigenvalue weighted by molar-refractivity contribution is -0.384. The minimum atomic E-state index is -0.479. The minimum absolute atomic E-state index is 0. The Morgan fingerprint density at radius 1 is 1.21 bits per heavy atom. The van der Waals surface area contributed by atoms with Crippen molar-refractivity contribution < 1.29 is 9.72 Å². The van der Waals surface area contributed by atoms with Gasteiger partial charge in [-0.25, -0.2) is 4.99 Å². The maximum absolute atomic E-state index is 12.3. The number of amides is 1. The normalized spacial score (nSPS) is 11.0. The molecule has 10 heteroatoms. The standard InChI is InChI=1S/C18H15BrN4O3S.ClH/c1-22-16(11-27-18(22)21-14-4-2-12(19)3-5-14)10-17(24)20-13-6-8-15(9-7-13)23(25)26;/h2-9,11H,10H2,1H3,(H,20,24);1H/b21-18+;. The van der Waals surface area contributed by atoms with Crippen molar-refractivity contribution >= 4 is 62.6 Å². The van der Waals surface area contributed by atoms with Gasteiger partial charge in [0.25, 0.3) is 5.69 Å². The van der Waals surface area contributed by atoms with Gasteiger partial charge < -0.3 is 9.88 Å². The van der Waals surface area contributed by atoms with E-state index < -0.39 is 4.92 Å². The highest BCUT2D eigenvalue weighted by Gasteiger charge is 2.10. The minimum Gasteiger partial charge on any atom is -0.326 e. The number of carbonyl (C=O) groups is 1. The van der Waals surface area contributed by atoms with Crippen LogP contribution in [0.15, 0.2) is 63.4 Å². The van der Waals surface area contributed by atoms with Crippen molar-refractivity contribution in [1.82, 2.24) is 4.57 Å². The first-order chi connectivity index (χ1) is 12.9. The number of nitrogens with one attached hydrogen (secondary N) is 1. The van der Waals surface area contributed by atoms with E-state index in [1.165, 1.54) is 35.6 Å². The van der Waals surface area contributed by atoms with E-state index in [4.69, 9.17) is 0 Å². The summed E-state index contributed by atoms with van der Waals surface area (Å²) in [4.78, 5) is 27.8. The third-order valence-electron chi connectivity index (χ3n) is 3.77. The van der Waals surface area contributed by atoms with Crippen molar-refractivity contribution in [3.8, 4) is 0 Å². The third-order valence-corrected chi connectivity index (χ3v) is 5.27. The quantitative estimate of drug-likeness (QED) is 0.425. The van der Waals surface area contributed by atoms with Crippen LogP contribution in [0, 0.1) is 10.1 Å². The summed E-state index contributed by atoms with van der Waals surface area (Å²) in [6.07, 6.45) is 0.180. The Labute approximate surface area is 179 Å². The topological polar surface area (TPSA) is 89.5 Å². The summed E-state index contributed by atoms with van der Waals surface area (Å²) in [6, 6.07) is 13.4. The van der Waals surface area contributed by atoms with E-state index in [0.29, 0.717) is 5.69 Å². The van der Waals surface area contributed by atoms with Gasteiger partial charge in [-0.15, -0.1) is 23.7 Å². The molecule has 1 N–H and O–H groups in total. The average Bonchev–Trinajstić information content (AvgIpc) is 2.97. The monoisotopic (exact) mass is 482 g/mol. The second kappa shape index (κ2) is 9.63. The summed E-state index contributed by atoms with van der Waals surface area (Å²) in [5.41, 5.74) is 2.16. The Kier molecular flexibility index (Phi) is 7.50. The lowest BCUT2D eigenvalue weighted by Gasteiger charge is -2.06. The van der Waals surface area contributed by atoms with Gasteiger partial charge in [0.15, 0.2) is 4.80 Å². The number of nitrogens with zero attached hydrogens (tertiary/aromatic N) is 3. The number of thiazole rings is 1. The fourth-order valence-electron chi connectivity index (χ4n) is 2.33. The lowest BCUT2D eigenvalue weighted by Crippen LogP contribution is -2.19. The fraction of sp³-hybridized carbons (Fsp3) is 0.111. The second-order valence-electron chi connectivity index (χ2n) is 5.69. The molecule has 0 fully saturated rings. The van der Waals surface area contributed by atoms with Crippen LogP contribution in [0.5, 0.6) is 0 Å². The molecule has 146 valence electrons. The first-order valence-electron chi connectivity index (χ1n) is 7.90. The van der Waals surface area contributed by atoms with Gasteiger partial charge in [-0.2, -0.15) is 0 Å². The number of carbonyl (C=O) groups excluding carboxylic acids is 1. The van der Waals surface area contributed by atoms with Crippen molar-refractivity contribution in [2.45, 2.75) is 6.42 Å². The van der Waals surface area contributed by atoms with Crippen molar-refractivity contribution in [2.24, 2.45) is 12.0 Å². The van der Waals surface area contributed by atoms with Gasteiger partial charge >= 0.3 is 0 Å². The number of halogens is 2. The van der Waals surface area contributed by atoms with Gasteiger partial charge in [-0.3, -0.25) is 14.9 Å². The molecule has 1 aromatic heterocycles. The molecule has 0 saturated heterocycles. The van der Waals surface area contributed by atoms with E-state index in [1.807, 2.05) is 41.3 Å². The van der Waals surface area contributed by atoms with E-state index in [0.717, 1.165) is 20.7 Å². The van der Waals surface area contributed by atoms with E-state index in [9.17, 15) is 14.9 Å². The zero-order valence-corrected chi connectivity index (χ0v) is 17.9. The molecule has 7 nitrogen and oxygen atoms in total. The summed E-state index contributed by atoms with van der Waals surface area (Å²) in [5.74, 6) is -0.201. The van der Waals surface area contributed by atoms with Crippen LogP contribution < -0.4 is 10.1 Å². The molecule has 0 aliphatic rings. The fourth-order valence-corrected chi connectivity index (χ4v) is 3.51. The number of nitro groups is 1. The van der Waals surface area contributed by atoms with Gasteiger partial charge in [0.2, 0.25) is 5.91 Å². The molecule has 0 spiro atoms. The third kappa shape index (κ3) is 5.51. The van der Waals surface area contributed by atoms with Crippen molar-refractivity contribution in [1.29, 1.82) is 0 Å². The Balaban J connectivity index is 0.00000280. The maximum atomic E-state index is 12.3. The van der Waals surface area contributed by atoms with E-state index in [2.05, 4.69) is 26.2 Å². The van der Waals surface area contributed by atoms with Gasteiger partial charge in [-0.1, -0.05) is 15.9 Å². The molecule has 0 radical (unpaired) electrons. The SMILES string of the molecule is Cl.Cn1c(CC(=O)Nc2ccc([N+](=O)[O-])cc2)cs/c1=N/c1ccc(Br)cc1. The zero-order valence-electron chi connectivity index (χ0n) is 14.7. The van der Waals surface area contributed by atoms with E-state index in [1.54, 1.807) is 0 Å². The Hall–Kier alpha value is -2.49. The highest BCUT2D eigenvalue weighted by Crippen LogP contribution is 2.17. The van der Waals surface area contributed by atoms with Gasteiger partial charge in [0.1, 0.15) is 0 Å². The molecule has 0 aliphatic carbocycles. The average molecular weight is 484 g/mol. The molecule has 0 saturated carbocycles. The predicted molar refractivity (Wildman–Crippen MR) is 115 cm³/mol. The smallest absolute Gasteiger partial charge is 0.269 e. The molecule has 1 amide bonds. The number of anilines is 1. The van der Waals surface area contributed by atoms with Crippen LogP contribution in [-0.2, 0) is 18.3 Å². The van der Waals surface area contributed by atoms with Crippen LogP contribution in [0.2, 0.25) is 0 Å². The number of non-ortho nitro benzene ring substituents is 1. The number of hydrogen-bond acceptors (Lipinski definition) is 5. The molecule has 1 heterocycles. The largest absolute Gasteiger partial charge is 0.326 e. The van der Waals surface area contributed by atoms with Crippen LogP contribution in [0.3, 0.4) is 0 Å². The number of nitro benzene ring substituents is 1. The van der Waals surface area contributed by atoms with Gasteiger partial charge in [0.05, 0.1) is 17.0 Å². The molecule has 3 rings (SSSR count). The molecular formula is C18H16BrClN4O3S. The highest BCUT2D eigenvalue weighted by atomic mass is 79.9. The lowest BCUT2D eigenvalue weighted by atomic mass is 10.2. The van der Waals surface area contributed by atoms with Crippen LogP contribution >= 0.6 is 39.7 Å². The van der Waals surface area contributed by atoms with Crippen molar-refractivity contribution in [3.05, 3.63) is 79.0 Å². The predicted octanol–water partition coefficient (Wildman–Crippen LogP) is 4.59. The van der Waals surface area contributed by atoms with Crippen molar-refractivity contribution in [2.75, 3.05) is 5.32 Å². The molecule has 28 heavy (non-hydrogen) atoms. The Bertz CT molecular complexity index is 1050. The summed E-state index contributed by atoms with van der Waals surface area (Å²) in [5, 5.41) is 15.3. The Morgan fingerprint density at radius 3 is 2.46 bits per heavy atom. The second-order valence-corrected chi connectivity index (χ2v) is 7.44. The summed E-state index contributed by atoms with van der Waals surface area (Å²) >= 11 is 4.85. The first kappa shape index (κ1) is 21.8. The van der Waals surface area contributed by atoms with Gasteiger partial charge in [0, 0.05) is 40.4 Å². The summed E-state index contributed by atoms with van der Waals surface area (Å²) < 4.78 is 2.86. The molecule has 0 unspecified atom stereocenters. The van der Waals surface area contributed by atoms with Crippen LogP contribution in [0.25, 0.3) is 0 Å². The number of hydrogen-bond donors (Lipinski definition) is 1. The van der Waals surface area contributed by atoms with E-state index in [-0.39, 0.29) is 30.4 Å². The highest BCUT2D eigenvalue weighted by molar-refractivity contribution is 9.10. The number of rotatable bonds is 5. The summed E-state index contributed by atoms with van der Waals surface area (Å²) in [7, 11) is 1.86. The summed E-state index contributed by atoms with van der Waals surface area (Å²) in [6.45, 7) is 0. The van der Waals surface area contributed by atoms with E-state index >= 15 is 0 Å². The molecular weight excluding hydrogens is 468 g/mol. The van der Waals surface area contributed by atoms with Crippen LogP contribution in [-0.4, -0.2) is 15.4 Å². The molecule has 0 atom stereocenters. The van der Waals surface area contributed by atoms with Crippen molar-refractivity contribution in [3.63, 3.8) is 0 Å². The molecule has 0 aliphatic heterocycles. The number of benzene rings is 2. The van der Waals surface area contributed by atoms with Crippen LogP contribution in [0.1, 0.15) is 5.69 Å². The van der Waals surface area contributed by atoms with Gasteiger partial charge in [-0.05, 0) is 36.4 Å².